The minimum atomic E-state index is -0.458. The van der Waals surface area contributed by atoms with E-state index in [-0.39, 0.29) is 11.6 Å². The summed E-state index contributed by atoms with van der Waals surface area (Å²) in [5.41, 5.74) is 0.873. The van der Waals surface area contributed by atoms with E-state index in [1.807, 2.05) is 4.90 Å². The van der Waals surface area contributed by atoms with Crippen LogP contribution >= 0.6 is 11.6 Å². The standard InChI is InChI=1S/C15H17ClFN5O2/c1-19-10-18-14(22(23)24)15(19)21-6-4-20(5-7-21)9-11-2-3-12(17)8-13(11)16/h2-3,8,10H,4-7,9H2,1H3. The Morgan fingerprint density at radius 1 is 1.33 bits per heavy atom. The van der Waals surface area contributed by atoms with E-state index in [2.05, 4.69) is 9.88 Å². The molecule has 2 heterocycles. The van der Waals surface area contributed by atoms with Gasteiger partial charge in [0, 0.05) is 44.8 Å². The zero-order valence-electron chi connectivity index (χ0n) is 13.2. The summed E-state index contributed by atoms with van der Waals surface area (Å²) in [5, 5.41) is 11.5. The van der Waals surface area contributed by atoms with Crippen molar-refractivity contribution in [2.45, 2.75) is 6.54 Å². The second-order valence-corrected chi connectivity index (χ2v) is 6.17. The molecule has 0 spiro atoms. The molecule has 1 aliphatic rings. The Hall–Kier alpha value is -2.19. The number of halogens is 2. The molecule has 3 rings (SSSR count). The van der Waals surface area contributed by atoms with Gasteiger partial charge in [0.2, 0.25) is 12.1 Å². The Morgan fingerprint density at radius 3 is 2.67 bits per heavy atom. The second kappa shape index (κ2) is 6.74. The van der Waals surface area contributed by atoms with Gasteiger partial charge in [-0.3, -0.25) is 9.47 Å². The number of anilines is 1. The number of rotatable bonds is 4. The quantitative estimate of drug-likeness (QED) is 0.624. The molecule has 24 heavy (non-hydrogen) atoms. The van der Waals surface area contributed by atoms with Crippen LogP contribution in [-0.4, -0.2) is 45.6 Å². The van der Waals surface area contributed by atoms with Crippen molar-refractivity contribution in [2.75, 3.05) is 31.1 Å². The number of aryl methyl sites for hydroxylation is 1. The SMILES string of the molecule is Cn1cnc([N+](=O)[O-])c1N1CCN(Cc2ccc(F)cc2Cl)CC1. The molecule has 1 aliphatic heterocycles. The molecule has 1 fully saturated rings. The number of benzene rings is 1. The Bertz CT molecular complexity index is 758. The molecule has 1 aromatic carbocycles. The van der Waals surface area contributed by atoms with E-state index < -0.39 is 4.92 Å². The van der Waals surface area contributed by atoms with Crippen molar-refractivity contribution >= 4 is 23.2 Å². The molecule has 0 aliphatic carbocycles. The van der Waals surface area contributed by atoms with Gasteiger partial charge in [-0.05, 0) is 27.6 Å². The van der Waals surface area contributed by atoms with Crippen LogP contribution in [0.1, 0.15) is 5.56 Å². The molecular weight excluding hydrogens is 337 g/mol. The third kappa shape index (κ3) is 3.34. The van der Waals surface area contributed by atoms with E-state index in [4.69, 9.17) is 11.6 Å². The van der Waals surface area contributed by atoms with Gasteiger partial charge in [0.15, 0.2) is 0 Å². The van der Waals surface area contributed by atoms with E-state index in [1.54, 1.807) is 17.7 Å². The lowest BCUT2D eigenvalue weighted by molar-refractivity contribution is -0.388. The molecule has 0 radical (unpaired) electrons. The molecule has 0 saturated carbocycles. The monoisotopic (exact) mass is 353 g/mol. The van der Waals surface area contributed by atoms with E-state index in [9.17, 15) is 14.5 Å². The number of imidazole rings is 1. The van der Waals surface area contributed by atoms with Crippen LogP contribution in [0.15, 0.2) is 24.5 Å². The maximum absolute atomic E-state index is 13.1. The predicted molar refractivity (Wildman–Crippen MR) is 88.8 cm³/mol. The zero-order chi connectivity index (χ0) is 17.3. The Morgan fingerprint density at radius 2 is 2.04 bits per heavy atom. The summed E-state index contributed by atoms with van der Waals surface area (Å²) in [5.74, 6) is 0.0593. The van der Waals surface area contributed by atoms with Crippen LogP contribution in [0.2, 0.25) is 5.02 Å². The molecule has 0 amide bonds. The third-order valence-electron chi connectivity index (χ3n) is 4.14. The summed E-state index contributed by atoms with van der Waals surface area (Å²) in [6.07, 6.45) is 1.46. The number of hydrogen-bond donors (Lipinski definition) is 0. The van der Waals surface area contributed by atoms with Gasteiger partial charge < -0.3 is 15.0 Å². The van der Waals surface area contributed by atoms with Gasteiger partial charge in [0.05, 0.1) is 0 Å². The molecule has 0 N–H and O–H groups in total. The average molecular weight is 354 g/mol. The predicted octanol–water partition coefficient (Wildman–Crippen LogP) is 2.44. The fourth-order valence-corrected chi connectivity index (χ4v) is 3.14. The van der Waals surface area contributed by atoms with Crippen molar-refractivity contribution in [2.24, 2.45) is 7.05 Å². The molecule has 7 nitrogen and oxygen atoms in total. The van der Waals surface area contributed by atoms with Crippen LogP contribution in [0.3, 0.4) is 0 Å². The van der Waals surface area contributed by atoms with Gasteiger partial charge in [-0.15, -0.1) is 0 Å². The van der Waals surface area contributed by atoms with E-state index in [0.29, 0.717) is 30.5 Å². The van der Waals surface area contributed by atoms with Crippen molar-refractivity contribution in [1.82, 2.24) is 14.5 Å². The van der Waals surface area contributed by atoms with Gasteiger partial charge in [-0.2, -0.15) is 0 Å². The zero-order valence-corrected chi connectivity index (χ0v) is 13.9. The highest BCUT2D eigenvalue weighted by atomic mass is 35.5. The first-order valence-electron chi connectivity index (χ1n) is 7.52. The number of hydrogen-bond acceptors (Lipinski definition) is 5. The van der Waals surface area contributed by atoms with Gasteiger partial charge in [-0.25, -0.2) is 4.39 Å². The van der Waals surface area contributed by atoms with Crippen LogP contribution in [0.25, 0.3) is 0 Å². The molecule has 0 atom stereocenters. The van der Waals surface area contributed by atoms with E-state index in [1.165, 1.54) is 18.5 Å². The van der Waals surface area contributed by atoms with Crippen molar-refractivity contribution < 1.29 is 9.31 Å². The summed E-state index contributed by atoms with van der Waals surface area (Å²) in [6, 6.07) is 4.40. The molecule has 1 saturated heterocycles. The van der Waals surface area contributed by atoms with Crippen LogP contribution < -0.4 is 4.90 Å². The minimum Gasteiger partial charge on any atom is -0.358 e. The summed E-state index contributed by atoms with van der Waals surface area (Å²) >= 11 is 6.07. The number of nitrogens with zero attached hydrogens (tertiary/aromatic N) is 5. The summed E-state index contributed by atoms with van der Waals surface area (Å²) in [4.78, 5) is 18.6. The Labute approximate surface area is 143 Å². The second-order valence-electron chi connectivity index (χ2n) is 5.76. The summed E-state index contributed by atoms with van der Waals surface area (Å²) in [6.45, 7) is 3.39. The number of piperazine rings is 1. The number of nitro groups is 1. The molecule has 9 heteroatoms. The third-order valence-corrected chi connectivity index (χ3v) is 4.49. The molecular formula is C15H17ClFN5O2. The molecule has 0 unspecified atom stereocenters. The molecule has 128 valence electrons. The van der Waals surface area contributed by atoms with E-state index in [0.717, 1.165) is 18.7 Å². The lowest BCUT2D eigenvalue weighted by Gasteiger charge is -2.35. The van der Waals surface area contributed by atoms with Crippen molar-refractivity contribution in [3.8, 4) is 0 Å². The van der Waals surface area contributed by atoms with Gasteiger partial charge in [0.1, 0.15) is 5.82 Å². The molecule has 1 aromatic heterocycles. The molecule has 2 aromatic rings. The maximum Gasteiger partial charge on any atom is 0.406 e. The summed E-state index contributed by atoms with van der Waals surface area (Å²) < 4.78 is 14.8. The van der Waals surface area contributed by atoms with Gasteiger partial charge in [-0.1, -0.05) is 17.7 Å². The lowest BCUT2D eigenvalue weighted by Crippen LogP contribution is -2.46. The Balaban J connectivity index is 1.66. The van der Waals surface area contributed by atoms with Gasteiger partial charge in [0.25, 0.3) is 0 Å². The van der Waals surface area contributed by atoms with Crippen molar-refractivity contribution in [1.29, 1.82) is 0 Å². The first-order chi connectivity index (χ1) is 11.5. The first-order valence-corrected chi connectivity index (χ1v) is 7.90. The molecule has 0 bridgehead atoms. The largest absolute Gasteiger partial charge is 0.406 e. The van der Waals surface area contributed by atoms with Gasteiger partial charge >= 0.3 is 5.82 Å². The van der Waals surface area contributed by atoms with Crippen molar-refractivity contribution in [3.63, 3.8) is 0 Å². The summed E-state index contributed by atoms with van der Waals surface area (Å²) in [7, 11) is 1.75. The smallest absolute Gasteiger partial charge is 0.358 e. The minimum absolute atomic E-state index is 0.118. The average Bonchev–Trinajstić information content (AvgIpc) is 2.93. The fraction of sp³-hybridized carbons (Fsp3) is 0.400. The number of aromatic nitrogens is 2. The van der Waals surface area contributed by atoms with Crippen LogP contribution in [0, 0.1) is 15.9 Å². The van der Waals surface area contributed by atoms with Crippen LogP contribution in [0.4, 0.5) is 16.0 Å². The fourth-order valence-electron chi connectivity index (χ4n) is 2.91. The van der Waals surface area contributed by atoms with Crippen molar-refractivity contribution in [3.05, 3.63) is 51.0 Å². The first kappa shape index (κ1) is 16.7. The van der Waals surface area contributed by atoms with E-state index >= 15 is 0 Å². The highest BCUT2D eigenvalue weighted by Gasteiger charge is 2.28. The highest BCUT2D eigenvalue weighted by Crippen LogP contribution is 2.27. The topological polar surface area (TPSA) is 67.4 Å². The normalized spacial score (nSPS) is 15.7. The highest BCUT2D eigenvalue weighted by molar-refractivity contribution is 6.31. The van der Waals surface area contributed by atoms with Crippen LogP contribution in [-0.2, 0) is 13.6 Å². The Kier molecular flexibility index (Phi) is 4.68. The lowest BCUT2D eigenvalue weighted by atomic mass is 10.2. The van der Waals surface area contributed by atoms with Crippen LogP contribution in [0.5, 0.6) is 0 Å². The maximum atomic E-state index is 13.1.